The molecule has 1 saturated heterocycles. The van der Waals surface area contributed by atoms with E-state index in [1.165, 1.54) is 17.9 Å². The lowest BCUT2D eigenvalue weighted by Crippen LogP contribution is -2.33. The quantitative estimate of drug-likeness (QED) is 0.546. The molecule has 1 aromatic heterocycles. The van der Waals surface area contributed by atoms with E-state index in [1.807, 2.05) is 24.3 Å². The molecule has 0 radical (unpaired) electrons. The van der Waals surface area contributed by atoms with E-state index in [1.54, 1.807) is 30.1 Å². The van der Waals surface area contributed by atoms with Crippen LogP contribution in [0.3, 0.4) is 0 Å². The Bertz CT molecular complexity index is 1080. The maximum atomic E-state index is 14.8. The Morgan fingerprint density at radius 1 is 1.32 bits per heavy atom. The first-order valence-corrected chi connectivity index (χ1v) is 10.6. The van der Waals surface area contributed by atoms with Crippen molar-refractivity contribution in [2.24, 2.45) is 0 Å². The standard InChI is InChI=1S/C21H20FN5O3S/c1-13(28)23-9-17-11-27(21(29)30-17)16-6-7-18(19(22)8-16)15-4-2-14(3-5-15)12-31-20-10-24-26-25-20/h2-8,10,17H,9,11-12H2,1H3,(H,23,28)(H,24,25,26). The third-order valence-electron chi connectivity index (χ3n) is 4.76. The number of hydrogen-bond acceptors (Lipinski definition) is 6. The molecule has 1 unspecified atom stereocenters. The Balaban J connectivity index is 1.42. The average molecular weight is 441 g/mol. The minimum Gasteiger partial charge on any atom is -0.442 e. The normalized spacial score (nSPS) is 15.7. The van der Waals surface area contributed by atoms with Crippen LogP contribution in [0.5, 0.6) is 0 Å². The minimum absolute atomic E-state index is 0.201. The molecule has 10 heteroatoms. The first kappa shape index (κ1) is 20.9. The second-order valence-electron chi connectivity index (χ2n) is 7.01. The summed E-state index contributed by atoms with van der Waals surface area (Å²) < 4.78 is 20.1. The Kier molecular flexibility index (Phi) is 6.17. The van der Waals surface area contributed by atoms with Crippen molar-refractivity contribution in [3.05, 3.63) is 60.0 Å². The number of halogens is 1. The van der Waals surface area contributed by atoms with Crippen LogP contribution in [0.4, 0.5) is 14.9 Å². The maximum Gasteiger partial charge on any atom is 0.414 e. The monoisotopic (exact) mass is 441 g/mol. The molecule has 1 aliphatic rings. The topological polar surface area (TPSA) is 100 Å². The Labute approximate surface area is 182 Å². The van der Waals surface area contributed by atoms with E-state index in [0.29, 0.717) is 11.3 Å². The number of aromatic nitrogens is 3. The number of ether oxygens (including phenoxy) is 1. The highest BCUT2D eigenvalue weighted by molar-refractivity contribution is 7.98. The van der Waals surface area contributed by atoms with Crippen molar-refractivity contribution in [2.75, 3.05) is 18.0 Å². The van der Waals surface area contributed by atoms with Crippen molar-refractivity contribution in [2.45, 2.75) is 23.8 Å². The van der Waals surface area contributed by atoms with Gasteiger partial charge in [-0.3, -0.25) is 9.69 Å². The molecule has 0 aliphatic carbocycles. The van der Waals surface area contributed by atoms with Crippen molar-refractivity contribution >= 4 is 29.4 Å². The van der Waals surface area contributed by atoms with Crippen LogP contribution in [0.25, 0.3) is 11.1 Å². The van der Waals surface area contributed by atoms with Crippen molar-refractivity contribution < 1.29 is 18.7 Å². The number of nitrogens with one attached hydrogen (secondary N) is 2. The molecule has 1 fully saturated rings. The molecule has 31 heavy (non-hydrogen) atoms. The molecular formula is C21H20FN5O3S. The number of amides is 2. The van der Waals surface area contributed by atoms with Crippen LogP contribution in [-0.4, -0.2) is 46.6 Å². The summed E-state index contributed by atoms with van der Waals surface area (Å²) in [7, 11) is 0. The summed E-state index contributed by atoms with van der Waals surface area (Å²) in [5.74, 6) is 0.0956. The van der Waals surface area contributed by atoms with Gasteiger partial charge in [0, 0.05) is 18.2 Å². The van der Waals surface area contributed by atoms with Crippen LogP contribution in [0, 0.1) is 5.82 Å². The number of thioether (sulfide) groups is 1. The number of H-pyrrole nitrogens is 1. The van der Waals surface area contributed by atoms with Gasteiger partial charge in [-0.15, -0.1) is 5.10 Å². The van der Waals surface area contributed by atoms with Gasteiger partial charge in [-0.25, -0.2) is 9.18 Å². The second-order valence-corrected chi connectivity index (χ2v) is 8.01. The molecule has 0 saturated carbocycles. The van der Waals surface area contributed by atoms with Crippen molar-refractivity contribution in [3.8, 4) is 11.1 Å². The molecule has 0 bridgehead atoms. The van der Waals surface area contributed by atoms with Gasteiger partial charge >= 0.3 is 6.09 Å². The summed E-state index contributed by atoms with van der Waals surface area (Å²) in [5, 5.41) is 13.8. The Morgan fingerprint density at radius 2 is 2.13 bits per heavy atom. The van der Waals surface area contributed by atoms with E-state index >= 15 is 0 Å². The molecular weight excluding hydrogens is 421 g/mol. The third kappa shape index (κ3) is 5.02. The van der Waals surface area contributed by atoms with Gasteiger partial charge in [0.1, 0.15) is 16.9 Å². The second kappa shape index (κ2) is 9.17. The average Bonchev–Trinajstić information content (AvgIpc) is 3.41. The Hall–Kier alpha value is -3.40. The van der Waals surface area contributed by atoms with Gasteiger partial charge in [0.15, 0.2) is 0 Å². The lowest BCUT2D eigenvalue weighted by Gasteiger charge is -2.14. The predicted octanol–water partition coefficient (Wildman–Crippen LogP) is 3.36. The molecule has 1 atom stereocenters. The zero-order valence-electron chi connectivity index (χ0n) is 16.7. The molecule has 2 amide bonds. The van der Waals surface area contributed by atoms with E-state index in [2.05, 4.69) is 20.7 Å². The van der Waals surface area contributed by atoms with Crippen molar-refractivity contribution in [1.29, 1.82) is 0 Å². The van der Waals surface area contributed by atoms with Crippen LogP contribution in [0.15, 0.2) is 53.7 Å². The molecule has 160 valence electrons. The summed E-state index contributed by atoms with van der Waals surface area (Å²) in [5.41, 5.74) is 2.68. The van der Waals surface area contributed by atoms with Crippen LogP contribution in [0.2, 0.25) is 0 Å². The van der Waals surface area contributed by atoms with Gasteiger partial charge in [-0.1, -0.05) is 36.0 Å². The fourth-order valence-electron chi connectivity index (χ4n) is 3.20. The summed E-state index contributed by atoms with van der Waals surface area (Å²) in [6, 6.07) is 12.3. The van der Waals surface area contributed by atoms with Crippen LogP contribution >= 0.6 is 11.8 Å². The van der Waals surface area contributed by atoms with E-state index in [0.717, 1.165) is 21.9 Å². The largest absolute Gasteiger partial charge is 0.442 e. The van der Waals surface area contributed by atoms with E-state index in [4.69, 9.17) is 4.74 Å². The van der Waals surface area contributed by atoms with Crippen molar-refractivity contribution in [3.63, 3.8) is 0 Å². The summed E-state index contributed by atoms with van der Waals surface area (Å²) in [4.78, 5) is 24.5. The summed E-state index contributed by atoms with van der Waals surface area (Å²) in [6.07, 6.45) is 0.631. The molecule has 8 nitrogen and oxygen atoms in total. The maximum absolute atomic E-state index is 14.8. The number of carbonyl (C=O) groups excluding carboxylic acids is 2. The molecule has 0 spiro atoms. The lowest BCUT2D eigenvalue weighted by atomic mass is 10.0. The fraction of sp³-hybridized carbons (Fsp3) is 0.238. The lowest BCUT2D eigenvalue weighted by molar-refractivity contribution is -0.119. The third-order valence-corrected chi connectivity index (χ3v) is 5.73. The number of hydrogen-bond donors (Lipinski definition) is 2. The number of nitrogens with zero attached hydrogens (tertiary/aromatic N) is 3. The van der Waals surface area contributed by atoms with Gasteiger partial charge in [-0.2, -0.15) is 10.3 Å². The van der Waals surface area contributed by atoms with E-state index in [-0.39, 0.29) is 19.0 Å². The summed E-state index contributed by atoms with van der Waals surface area (Å²) in [6.45, 7) is 1.86. The van der Waals surface area contributed by atoms with Crippen LogP contribution < -0.4 is 10.2 Å². The zero-order valence-corrected chi connectivity index (χ0v) is 17.5. The zero-order chi connectivity index (χ0) is 21.8. The smallest absolute Gasteiger partial charge is 0.414 e. The molecule has 2 aromatic carbocycles. The van der Waals surface area contributed by atoms with Crippen LogP contribution in [-0.2, 0) is 15.3 Å². The number of rotatable bonds is 7. The highest BCUT2D eigenvalue weighted by Crippen LogP contribution is 2.30. The van der Waals surface area contributed by atoms with Gasteiger partial charge < -0.3 is 10.1 Å². The molecule has 3 aromatic rings. The molecule has 1 aliphatic heterocycles. The predicted molar refractivity (Wildman–Crippen MR) is 114 cm³/mol. The first-order chi connectivity index (χ1) is 15.0. The number of cyclic esters (lactones) is 1. The van der Waals surface area contributed by atoms with Crippen LogP contribution in [0.1, 0.15) is 12.5 Å². The number of benzene rings is 2. The molecule has 2 N–H and O–H groups in total. The minimum atomic E-state index is -0.559. The van der Waals surface area contributed by atoms with Gasteiger partial charge in [-0.05, 0) is 29.3 Å². The molecule has 4 rings (SSSR count). The van der Waals surface area contributed by atoms with E-state index < -0.39 is 18.0 Å². The number of carbonyl (C=O) groups is 2. The highest BCUT2D eigenvalue weighted by Gasteiger charge is 2.32. The highest BCUT2D eigenvalue weighted by atomic mass is 32.2. The number of anilines is 1. The summed E-state index contributed by atoms with van der Waals surface area (Å²) >= 11 is 1.55. The van der Waals surface area contributed by atoms with Crippen molar-refractivity contribution in [1.82, 2.24) is 20.7 Å². The fourth-order valence-corrected chi connectivity index (χ4v) is 3.94. The SMILES string of the molecule is CC(=O)NCC1CN(c2ccc(-c3ccc(CSc4cn[nH]n4)cc3)c(F)c2)C(=O)O1. The van der Waals surface area contributed by atoms with E-state index in [9.17, 15) is 14.0 Å². The Morgan fingerprint density at radius 3 is 2.81 bits per heavy atom. The van der Waals surface area contributed by atoms with Gasteiger partial charge in [0.05, 0.1) is 25.0 Å². The van der Waals surface area contributed by atoms with Gasteiger partial charge in [0.25, 0.3) is 0 Å². The first-order valence-electron chi connectivity index (χ1n) is 9.59. The van der Waals surface area contributed by atoms with Gasteiger partial charge in [0.2, 0.25) is 5.91 Å². The molecule has 2 heterocycles. The number of aromatic amines is 1.